The zero-order chi connectivity index (χ0) is 13.0. The van der Waals surface area contributed by atoms with Crippen molar-refractivity contribution in [3.8, 4) is 11.5 Å². The lowest BCUT2D eigenvalue weighted by atomic mass is 10.2. The molecule has 0 aliphatic heterocycles. The second-order valence-electron chi connectivity index (χ2n) is 3.81. The van der Waals surface area contributed by atoms with Crippen LogP contribution in [0.5, 0.6) is 11.5 Å². The summed E-state index contributed by atoms with van der Waals surface area (Å²) >= 11 is 0. The lowest BCUT2D eigenvalue weighted by Crippen LogP contribution is -1.97. The van der Waals surface area contributed by atoms with Crippen LogP contribution in [0.15, 0.2) is 42.5 Å². The van der Waals surface area contributed by atoms with E-state index >= 15 is 0 Å². The molecule has 0 aromatic heterocycles. The van der Waals surface area contributed by atoms with Gasteiger partial charge in [-0.2, -0.15) is 0 Å². The number of nitrogens with one attached hydrogen (secondary N) is 1. The zero-order valence-electron chi connectivity index (χ0n) is 10.4. The lowest BCUT2D eigenvalue weighted by Gasteiger charge is -2.11. The van der Waals surface area contributed by atoms with Gasteiger partial charge in [0, 0.05) is 11.8 Å². The fraction of sp³-hybridized carbons (Fsp3) is 0.143. The molecule has 0 aliphatic carbocycles. The third kappa shape index (κ3) is 2.66. The van der Waals surface area contributed by atoms with Gasteiger partial charge in [-0.15, -0.1) is 0 Å². The summed E-state index contributed by atoms with van der Waals surface area (Å²) in [6, 6.07) is 13.1. The molecule has 4 heteroatoms. The van der Waals surface area contributed by atoms with E-state index in [4.69, 9.17) is 15.2 Å². The molecular weight excluding hydrogens is 228 g/mol. The van der Waals surface area contributed by atoms with Gasteiger partial charge in [0.15, 0.2) is 0 Å². The first-order valence-corrected chi connectivity index (χ1v) is 5.57. The van der Waals surface area contributed by atoms with Gasteiger partial charge in [-0.05, 0) is 36.4 Å². The van der Waals surface area contributed by atoms with Crippen molar-refractivity contribution in [3.63, 3.8) is 0 Å². The molecule has 94 valence electrons. The Morgan fingerprint density at radius 1 is 0.889 bits per heavy atom. The van der Waals surface area contributed by atoms with E-state index in [1.54, 1.807) is 14.2 Å². The molecule has 0 spiro atoms. The SMILES string of the molecule is COc1ccc(Nc2cc(OC)ccc2N)cc1. The molecule has 0 heterocycles. The number of rotatable bonds is 4. The van der Waals surface area contributed by atoms with Crippen molar-refractivity contribution in [1.29, 1.82) is 0 Å². The van der Waals surface area contributed by atoms with Crippen LogP contribution in [0.2, 0.25) is 0 Å². The van der Waals surface area contributed by atoms with Crippen LogP contribution in [-0.4, -0.2) is 14.2 Å². The summed E-state index contributed by atoms with van der Waals surface area (Å²) in [6.07, 6.45) is 0. The number of nitrogen functional groups attached to an aromatic ring is 1. The molecule has 0 unspecified atom stereocenters. The van der Waals surface area contributed by atoms with Gasteiger partial charge in [-0.25, -0.2) is 0 Å². The average molecular weight is 244 g/mol. The van der Waals surface area contributed by atoms with Crippen molar-refractivity contribution in [3.05, 3.63) is 42.5 Å². The predicted molar refractivity (Wildman–Crippen MR) is 73.7 cm³/mol. The summed E-state index contributed by atoms with van der Waals surface area (Å²) in [5, 5.41) is 3.24. The number of nitrogens with two attached hydrogens (primary N) is 1. The highest BCUT2D eigenvalue weighted by molar-refractivity contribution is 5.74. The topological polar surface area (TPSA) is 56.5 Å². The van der Waals surface area contributed by atoms with Gasteiger partial charge < -0.3 is 20.5 Å². The predicted octanol–water partition coefficient (Wildman–Crippen LogP) is 3.03. The summed E-state index contributed by atoms with van der Waals surface area (Å²) < 4.78 is 10.3. The van der Waals surface area contributed by atoms with E-state index in [-0.39, 0.29) is 0 Å². The molecule has 0 amide bonds. The van der Waals surface area contributed by atoms with Gasteiger partial charge in [0.05, 0.1) is 25.6 Å². The Morgan fingerprint density at radius 2 is 1.50 bits per heavy atom. The molecule has 2 aromatic carbocycles. The first kappa shape index (κ1) is 12.1. The van der Waals surface area contributed by atoms with E-state index in [0.717, 1.165) is 22.9 Å². The Labute approximate surface area is 106 Å². The maximum absolute atomic E-state index is 5.91. The van der Waals surface area contributed by atoms with Crippen molar-refractivity contribution in [2.24, 2.45) is 0 Å². The molecule has 18 heavy (non-hydrogen) atoms. The van der Waals surface area contributed by atoms with Crippen LogP contribution in [0.1, 0.15) is 0 Å². The van der Waals surface area contributed by atoms with E-state index in [1.807, 2.05) is 42.5 Å². The standard InChI is InChI=1S/C14H16N2O2/c1-17-11-5-3-10(4-6-11)16-14-9-12(18-2)7-8-13(14)15/h3-9,16H,15H2,1-2H3. The fourth-order valence-electron chi connectivity index (χ4n) is 1.60. The fourth-order valence-corrected chi connectivity index (χ4v) is 1.60. The molecule has 2 rings (SSSR count). The van der Waals surface area contributed by atoms with Gasteiger partial charge in [-0.1, -0.05) is 0 Å². The minimum atomic E-state index is 0.673. The van der Waals surface area contributed by atoms with Crippen LogP contribution in [0.4, 0.5) is 17.1 Å². The smallest absolute Gasteiger partial charge is 0.121 e. The minimum absolute atomic E-state index is 0.673. The third-order valence-electron chi connectivity index (χ3n) is 2.63. The zero-order valence-corrected chi connectivity index (χ0v) is 10.4. The van der Waals surface area contributed by atoms with Gasteiger partial charge in [-0.3, -0.25) is 0 Å². The first-order chi connectivity index (χ1) is 8.72. The number of methoxy groups -OCH3 is 2. The van der Waals surface area contributed by atoms with Crippen molar-refractivity contribution in [2.45, 2.75) is 0 Å². The largest absolute Gasteiger partial charge is 0.497 e. The van der Waals surface area contributed by atoms with E-state index in [2.05, 4.69) is 5.32 Å². The number of ether oxygens (including phenoxy) is 2. The van der Waals surface area contributed by atoms with E-state index in [0.29, 0.717) is 5.69 Å². The average Bonchev–Trinajstić information content (AvgIpc) is 2.42. The first-order valence-electron chi connectivity index (χ1n) is 5.57. The molecule has 0 bridgehead atoms. The quantitative estimate of drug-likeness (QED) is 0.812. The minimum Gasteiger partial charge on any atom is -0.497 e. The third-order valence-corrected chi connectivity index (χ3v) is 2.63. The molecule has 0 atom stereocenters. The molecular formula is C14H16N2O2. The lowest BCUT2D eigenvalue weighted by molar-refractivity contribution is 0.414. The van der Waals surface area contributed by atoms with Gasteiger partial charge in [0.25, 0.3) is 0 Å². The molecule has 2 aromatic rings. The number of benzene rings is 2. The normalized spacial score (nSPS) is 9.89. The van der Waals surface area contributed by atoms with Gasteiger partial charge in [0.2, 0.25) is 0 Å². The Hall–Kier alpha value is -2.36. The molecule has 3 N–H and O–H groups in total. The molecule has 0 saturated heterocycles. The summed E-state index contributed by atoms with van der Waals surface area (Å²) in [7, 11) is 3.27. The number of anilines is 3. The van der Waals surface area contributed by atoms with Crippen LogP contribution in [0, 0.1) is 0 Å². The van der Waals surface area contributed by atoms with E-state index in [1.165, 1.54) is 0 Å². The van der Waals surface area contributed by atoms with Crippen LogP contribution in [0.25, 0.3) is 0 Å². The van der Waals surface area contributed by atoms with Crippen LogP contribution in [0.3, 0.4) is 0 Å². The van der Waals surface area contributed by atoms with E-state index in [9.17, 15) is 0 Å². The Bertz CT molecular complexity index is 524. The van der Waals surface area contributed by atoms with Gasteiger partial charge >= 0.3 is 0 Å². The summed E-state index contributed by atoms with van der Waals surface area (Å²) in [6.45, 7) is 0. The highest BCUT2D eigenvalue weighted by Gasteiger charge is 2.02. The van der Waals surface area contributed by atoms with Crippen molar-refractivity contribution >= 4 is 17.1 Å². The highest BCUT2D eigenvalue weighted by Crippen LogP contribution is 2.28. The summed E-state index contributed by atoms with van der Waals surface area (Å²) in [4.78, 5) is 0. The van der Waals surface area contributed by atoms with Crippen molar-refractivity contribution < 1.29 is 9.47 Å². The van der Waals surface area contributed by atoms with E-state index < -0.39 is 0 Å². The molecule has 0 saturated carbocycles. The van der Waals surface area contributed by atoms with Gasteiger partial charge in [0.1, 0.15) is 11.5 Å². The maximum atomic E-state index is 5.91. The second kappa shape index (κ2) is 5.31. The van der Waals surface area contributed by atoms with Crippen molar-refractivity contribution in [1.82, 2.24) is 0 Å². The summed E-state index contributed by atoms with van der Waals surface area (Å²) in [5.74, 6) is 1.58. The van der Waals surface area contributed by atoms with Crippen LogP contribution >= 0.6 is 0 Å². The molecule has 0 radical (unpaired) electrons. The monoisotopic (exact) mass is 244 g/mol. The Morgan fingerprint density at radius 3 is 2.11 bits per heavy atom. The Kier molecular flexibility index (Phi) is 3.57. The van der Waals surface area contributed by atoms with Crippen molar-refractivity contribution in [2.75, 3.05) is 25.3 Å². The number of hydrogen-bond acceptors (Lipinski definition) is 4. The second-order valence-corrected chi connectivity index (χ2v) is 3.81. The maximum Gasteiger partial charge on any atom is 0.121 e. The molecule has 0 fully saturated rings. The number of hydrogen-bond donors (Lipinski definition) is 2. The molecule has 0 aliphatic rings. The van der Waals surface area contributed by atoms with Crippen LogP contribution < -0.4 is 20.5 Å². The Balaban J connectivity index is 2.21. The molecule has 4 nitrogen and oxygen atoms in total. The van der Waals surface area contributed by atoms with Crippen LogP contribution in [-0.2, 0) is 0 Å². The highest BCUT2D eigenvalue weighted by atomic mass is 16.5. The summed E-state index contributed by atoms with van der Waals surface area (Å²) in [5.41, 5.74) is 8.34.